The zero-order valence-electron chi connectivity index (χ0n) is 16.8. The van der Waals surface area contributed by atoms with Crippen molar-refractivity contribution in [2.45, 2.75) is 19.8 Å². The maximum absolute atomic E-state index is 4.56. The van der Waals surface area contributed by atoms with E-state index in [0.29, 0.717) is 0 Å². The summed E-state index contributed by atoms with van der Waals surface area (Å²) in [6, 6.07) is 17.1. The second-order valence-corrected chi connectivity index (χ2v) is 9.67. The van der Waals surface area contributed by atoms with E-state index < -0.39 is 0 Å². The molecule has 1 aliphatic heterocycles. The zero-order valence-corrected chi connectivity index (χ0v) is 19.2. The molecule has 1 fully saturated rings. The predicted octanol–water partition coefficient (Wildman–Crippen LogP) is 7.10. The van der Waals surface area contributed by atoms with Gasteiger partial charge in [0.2, 0.25) is 0 Å². The largest absolute Gasteiger partial charge is 0.372 e. The van der Waals surface area contributed by atoms with Gasteiger partial charge in [0.15, 0.2) is 0 Å². The summed E-state index contributed by atoms with van der Waals surface area (Å²) in [6.07, 6.45) is 4.18. The van der Waals surface area contributed by atoms with Crippen LogP contribution in [-0.4, -0.2) is 23.1 Å². The van der Waals surface area contributed by atoms with Crippen molar-refractivity contribution in [3.05, 3.63) is 64.7 Å². The number of aromatic nitrogens is 2. The molecule has 0 spiro atoms. The Morgan fingerprint density at radius 1 is 1.00 bits per heavy atom. The van der Waals surface area contributed by atoms with E-state index in [-0.39, 0.29) is 0 Å². The number of piperidine rings is 1. The number of nitrogens with zero attached hydrogens (tertiary/aromatic N) is 3. The van der Waals surface area contributed by atoms with Crippen molar-refractivity contribution in [2.75, 3.05) is 23.3 Å². The predicted molar refractivity (Wildman–Crippen MR) is 131 cm³/mol. The molecule has 5 rings (SSSR count). The van der Waals surface area contributed by atoms with Gasteiger partial charge in [0, 0.05) is 39.9 Å². The van der Waals surface area contributed by atoms with E-state index in [4.69, 9.17) is 0 Å². The Balaban J connectivity index is 1.43. The van der Waals surface area contributed by atoms with Crippen LogP contribution < -0.4 is 10.2 Å². The second-order valence-electron chi connectivity index (χ2n) is 7.90. The van der Waals surface area contributed by atoms with Crippen LogP contribution in [-0.2, 0) is 0 Å². The van der Waals surface area contributed by atoms with Crippen molar-refractivity contribution in [3.8, 4) is 11.1 Å². The van der Waals surface area contributed by atoms with E-state index >= 15 is 0 Å². The summed E-state index contributed by atoms with van der Waals surface area (Å²) in [4.78, 5) is 12.5. The number of hydrogen-bond acceptors (Lipinski definition) is 5. The number of fused-ring (bicyclic) bond motifs is 1. The third-order valence-corrected chi connectivity index (χ3v) is 7.22. The smallest absolute Gasteiger partial charge is 0.143 e. The van der Waals surface area contributed by atoms with Gasteiger partial charge in [-0.25, -0.2) is 9.97 Å². The van der Waals surface area contributed by atoms with E-state index in [1.807, 2.05) is 0 Å². The molecule has 152 valence electrons. The Hall–Kier alpha value is -2.44. The molecule has 4 aromatic rings. The number of rotatable bonds is 4. The van der Waals surface area contributed by atoms with E-state index in [0.717, 1.165) is 56.3 Å². The molecule has 2 aromatic carbocycles. The molecule has 2 aromatic heterocycles. The van der Waals surface area contributed by atoms with Crippen molar-refractivity contribution in [3.63, 3.8) is 0 Å². The molecule has 1 N–H and O–H groups in total. The highest BCUT2D eigenvalue weighted by Gasteiger charge is 2.16. The van der Waals surface area contributed by atoms with Crippen LogP contribution in [0.4, 0.5) is 17.2 Å². The molecule has 30 heavy (non-hydrogen) atoms. The first-order valence-corrected chi connectivity index (χ1v) is 11.9. The topological polar surface area (TPSA) is 41.0 Å². The Morgan fingerprint density at radius 2 is 1.73 bits per heavy atom. The van der Waals surface area contributed by atoms with Crippen molar-refractivity contribution >= 4 is 54.7 Å². The highest BCUT2D eigenvalue weighted by atomic mass is 79.9. The number of benzene rings is 2. The minimum Gasteiger partial charge on any atom is -0.372 e. The van der Waals surface area contributed by atoms with Crippen LogP contribution in [0.2, 0.25) is 0 Å². The van der Waals surface area contributed by atoms with E-state index in [9.17, 15) is 0 Å². The lowest BCUT2D eigenvalue weighted by Gasteiger charge is -2.32. The van der Waals surface area contributed by atoms with E-state index in [1.54, 1.807) is 17.7 Å². The lowest BCUT2D eigenvalue weighted by molar-refractivity contribution is 0.438. The van der Waals surface area contributed by atoms with Gasteiger partial charge in [0.05, 0.1) is 5.39 Å². The molecule has 0 unspecified atom stereocenters. The monoisotopic (exact) mass is 478 g/mol. The van der Waals surface area contributed by atoms with Gasteiger partial charge in [-0.2, -0.15) is 0 Å². The second kappa shape index (κ2) is 8.36. The Kier molecular flexibility index (Phi) is 5.44. The molecular formula is C24H23BrN4S. The summed E-state index contributed by atoms with van der Waals surface area (Å²) in [5, 5.41) is 6.75. The highest BCUT2D eigenvalue weighted by molar-refractivity contribution is 9.10. The maximum Gasteiger partial charge on any atom is 0.143 e. The van der Waals surface area contributed by atoms with Crippen molar-refractivity contribution in [1.82, 2.24) is 9.97 Å². The molecule has 0 amide bonds. The maximum atomic E-state index is 4.56. The molecule has 0 aliphatic carbocycles. The van der Waals surface area contributed by atoms with Crippen LogP contribution in [0, 0.1) is 5.92 Å². The quantitative estimate of drug-likeness (QED) is 0.339. The van der Waals surface area contributed by atoms with Crippen molar-refractivity contribution in [2.24, 2.45) is 5.92 Å². The molecule has 0 bridgehead atoms. The van der Waals surface area contributed by atoms with Crippen LogP contribution in [0.25, 0.3) is 21.3 Å². The summed E-state index contributed by atoms with van der Waals surface area (Å²) in [6.45, 7) is 4.64. The van der Waals surface area contributed by atoms with Crippen LogP contribution in [0.1, 0.15) is 19.8 Å². The molecule has 6 heteroatoms. The lowest BCUT2D eigenvalue weighted by Crippen LogP contribution is -2.32. The molecule has 0 saturated carbocycles. The van der Waals surface area contributed by atoms with Crippen molar-refractivity contribution in [1.29, 1.82) is 0 Å². The van der Waals surface area contributed by atoms with Gasteiger partial charge < -0.3 is 10.2 Å². The number of halogens is 1. The van der Waals surface area contributed by atoms with E-state index in [1.165, 1.54) is 18.5 Å². The summed E-state index contributed by atoms with van der Waals surface area (Å²) >= 11 is 5.17. The average molecular weight is 479 g/mol. The average Bonchev–Trinajstić information content (AvgIpc) is 3.21. The summed E-state index contributed by atoms with van der Waals surface area (Å²) in [5.41, 5.74) is 4.66. The third kappa shape index (κ3) is 3.94. The molecule has 1 saturated heterocycles. The molecule has 1 aliphatic rings. The van der Waals surface area contributed by atoms with Gasteiger partial charge in [0.1, 0.15) is 17.0 Å². The molecule has 0 radical (unpaired) electrons. The first kappa shape index (κ1) is 19.5. The number of hydrogen-bond donors (Lipinski definition) is 1. The summed E-state index contributed by atoms with van der Waals surface area (Å²) < 4.78 is 1.07. The van der Waals surface area contributed by atoms with Gasteiger partial charge in [-0.1, -0.05) is 35.0 Å². The van der Waals surface area contributed by atoms with E-state index in [2.05, 4.69) is 96.9 Å². The first-order chi connectivity index (χ1) is 14.7. The summed E-state index contributed by atoms with van der Waals surface area (Å²) in [5.74, 6) is 1.69. The SMILES string of the molecule is CC1CCN(c2ccc(Nc3ncnc4scc(-c5ccc(Br)cc5)c34)cc2)CC1. The van der Waals surface area contributed by atoms with Crippen LogP contribution in [0.3, 0.4) is 0 Å². The van der Waals surface area contributed by atoms with Crippen LogP contribution in [0.15, 0.2) is 64.7 Å². The van der Waals surface area contributed by atoms with Gasteiger partial charge in [-0.15, -0.1) is 11.3 Å². The number of anilines is 3. The fourth-order valence-electron chi connectivity index (χ4n) is 3.97. The van der Waals surface area contributed by atoms with Crippen molar-refractivity contribution < 1.29 is 0 Å². The third-order valence-electron chi connectivity index (χ3n) is 5.80. The van der Waals surface area contributed by atoms with Gasteiger partial charge in [0.25, 0.3) is 0 Å². The lowest BCUT2D eigenvalue weighted by atomic mass is 9.99. The van der Waals surface area contributed by atoms with Crippen LogP contribution in [0.5, 0.6) is 0 Å². The fraction of sp³-hybridized carbons (Fsp3) is 0.250. The number of thiophene rings is 1. The zero-order chi connectivity index (χ0) is 20.5. The molecule has 4 nitrogen and oxygen atoms in total. The van der Waals surface area contributed by atoms with Gasteiger partial charge >= 0.3 is 0 Å². The van der Waals surface area contributed by atoms with Gasteiger partial charge in [-0.05, 0) is 60.7 Å². The Morgan fingerprint density at radius 3 is 2.47 bits per heavy atom. The van der Waals surface area contributed by atoms with Crippen LogP contribution >= 0.6 is 27.3 Å². The minimum absolute atomic E-state index is 0.841. The Labute approximate surface area is 189 Å². The Bertz CT molecular complexity index is 1150. The number of nitrogens with one attached hydrogen (secondary N) is 1. The fourth-order valence-corrected chi connectivity index (χ4v) is 5.15. The highest BCUT2D eigenvalue weighted by Crippen LogP contribution is 2.38. The molecule has 0 atom stereocenters. The molecular weight excluding hydrogens is 456 g/mol. The standard InChI is InChI=1S/C24H23BrN4S/c1-16-10-12-29(13-11-16)20-8-6-19(7-9-20)28-23-22-21(14-30-24(22)27-15-26-23)17-2-4-18(25)5-3-17/h2-9,14-16H,10-13H2,1H3,(H,26,27,28). The first-order valence-electron chi connectivity index (χ1n) is 10.3. The normalized spacial score (nSPS) is 14.9. The minimum atomic E-state index is 0.841. The van der Waals surface area contributed by atoms with Gasteiger partial charge in [-0.3, -0.25) is 0 Å². The summed E-state index contributed by atoms with van der Waals surface area (Å²) in [7, 11) is 0. The molecule has 3 heterocycles.